The van der Waals surface area contributed by atoms with Gasteiger partial charge in [-0.25, -0.2) is 8.78 Å². The molecule has 0 N–H and O–H groups in total. The van der Waals surface area contributed by atoms with Crippen LogP contribution in [0.2, 0.25) is 0 Å². The number of hydrogen-bond donors (Lipinski definition) is 0. The molecule has 0 saturated heterocycles. The van der Waals surface area contributed by atoms with Gasteiger partial charge in [0.15, 0.2) is 11.6 Å². The third-order valence-corrected chi connectivity index (χ3v) is 7.77. The van der Waals surface area contributed by atoms with Crippen LogP contribution in [0.3, 0.4) is 0 Å². The summed E-state index contributed by atoms with van der Waals surface area (Å²) in [4.78, 5) is 0. The van der Waals surface area contributed by atoms with Crippen molar-refractivity contribution in [1.29, 1.82) is 0 Å². The van der Waals surface area contributed by atoms with Gasteiger partial charge in [-0.05, 0) is 93.1 Å². The summed E-state index contributed by atoms with van der Waals surface area (Å²) in [5.41, 5.74) is 1.50. The minimum absolute atomic E-state index is 0.245. The number of rotatable bonds is 3. The van der Waals surface area contributed by atoms with Crippen LogP contribution in [0.1, 0.15) is 82.3 Å². The maximum absolute atomic E-state index is 14.3. The van der Waals surface area contributed by atoms with Gasteiger partial charge in [-0.1, -0.05) is 31.9 Å². The van der Waals surface area contributed by atoms with Crippen LogP contribution in [-0.2, 0) is 4.74 Å². The first-order valence-corrected chi connectivity index (χ1v) is 11.3. The molecule has 1 nitrogen and oxygen atoms in total. The van der Waals surface area contributed by atoms with Crippen molar-refractivity contribution in [2.75, 3.05) is 0 Å². The van der Waals surface area contributed by atoms with E-state index < -0.39 is 11.6 Å². The fraction of sp³-hybridized carbons (Fsp3) is 0.680. The van der Waals surface area contributed by atoms with E-state index in [2.05, 4.69) is 6.92 Å². The van der Waals surface area contributed by atoms with E-state index in [0.717, 1.165) is 36.2 Å². The van der Waals surface area contributed by atoms with Gasteiger partial charge in [0.2, 0.25) is 0 Å². The molecule has 2 fully saturated rings. The molecule has 3 heteroatoms. The van der Waals surface area contributed by atoms with Gasteiger partial charge in [0.1, 0.15) is 6.10 Å². The van der Waals surface area contributed by atoms with Crippen LogP contribution in [0.25, 0.3) is 5.57 Å². The van der Waals surface area contributed by atoms with Crippen molar-refractivity contribution in [2.24, 2.45) is 23.7 Å². The molecule has 28 heavy (non-hydrogen) atoms. The molecule has 0 aromatic heterocycles. The Hall–Kier alpha value is -1.38. The summed E-state index contributed by atoms with van der Waals surface area (Å²) in [6, 6.07) is 3.33. The van der Waals surface area contributed by atoms with E-state index in [0.29, 0.717) is 17.0 Å². The largest absolute Gasteiger partial charge is 0.497 e. The Bertz CT molecular complexity index is 710. The summed E-state index contributed by atoms with van der Waals surface area (Å²) >= 11 is 0. The Balaban J connectivity index is 1.32. The summed E-state index contributed by atoms with van der Waals surface area (Å²) in [5.74, 6) is 1.94. The van der Waals surface area contributed by atoms with E-state index in [1.807, 2.05) is 0 Å². The summed E-state index contributed by atoms with van der Waals surface area (Å²) in [6.45, 7) is 3.99. The third kappa shape index (κ3) is 4.14. The van der Waals surface area contributed by atoms with E-state index in [1.165, 1.54) is 51.4 Å². The highest BCUT2D eigenvalue weighted by Gasteiger charge is 2.34. The van der Waals surface area contributed by atoms with Gasteiger partial charge in [0.05, 0.1) is 6.26 Å². The first-order chi connectivity index (χ1) is 13.5. The molecule has 0 radical (unpaired) electrons. The monoisotopic (exact) mass is 388 g/mol. The molecule has 2 saturated carbocycles. The minimum atomic E-state index is -0.740. The Labute approximate surface area is 168 Å². The second-order valence-corrected chi connectivity index (χ2v) is 9.61. The molecule has 2 aliphatic carbocycles. The molecule has 1 aromatic rings. The van der Waals surface area contributed by atoms with E-state index >= 15 is 0 Å². The van der Waals surface area contributed by atoms with Crippen molar-refractivity contribution in [3.63, 3.8) is 0 Å². The quantitative estimate of drug-likeness (QED) is 0.523. The van der Waals surface area contributed by atoms with E-state index in [4.69, 9.17) is 4.74 Å². The number of aryl methyl sites for hydroxylation is 1. The summed E-state index contributed by atoms with van der Waals surface area (Å²) in [7, 11) is 0. The molecular weight excluding hydrogens is 354 g/mol. The lowest BCUT2D eigenvalue weighted by Crippen LogP contribution is -2.31. The molecule has 0 amide bonds. The minimum Gasteiger partial charge on any atom is -0.497 e. The zero-order valence-electron chi connectivity index (χ0n) is 17.4. The Kier molecular flexibility index (Phi) is 6.08. The summed E-state index contributed by atoms with van der Waals surface area (Å²) in [6.07, 6.45) is 14.5. The highest BCUT2D eigenvalue weighted by atomic mass is 19.2. The number of benzene rings is 1. The van der Waals surface area contributed by atoms with E-state index in [9.17, 15) is 8.78 Å². The van der Waals surface area contributed by atoms with E-state index in [1.54, 1.807) is 25.3 Å². The predicted octanol–water partition coefficient (Wildman–Crippen LogP) is 7.43. The van der Waals surface area contributed by atoms with Gasteiger partial charge in [-0.15, -0.1) is 0 Å². The molecular formula is C25H34F2O. The maximum Gasteiger partial charge on any atom is 0.166 e. The normalized spacial score (nSPS) is 33.9. The fourth-order valence-electron chi connectivity index (χ4n) is 5.78. The second kappa shape index (κ2) is 8.55. The molecule has 1 aromatic carbocycles. The van der Waals surface area contributed by atoms with Crippen molar-refractivity contribution >= 4 is 5.57 Å². The van der Waals surface area contributed by atoms with Gasteiger partial charge < -0.3 is 4.74 Å². The Morgan fingerprint density at radius 1 is 0.786 bits per heavy atom. The smallest absolute Gasteiger partial charge is 0.166 e. The van der Waals surface area contributed by atoms with Crippen LogP contribution in [0.15, 0.2) is 18.4 Å². The molecule has 3 aliphatic rings. The fourth-order valence-corrected chi connectivity index (χ4v) is 5.78. The van der Waals surface area contributed by atoms with Gasteiger partial charge >= 0.3 is 0 Å². The molecule has 154 valence electrons. The lowest BCUT2D eigenvalue weighted by molar-refractivity contribution is 0.0348. The van der Waals surface area contributed by atoms with Gasteiger partial charge in [0, 0.05) is 5.56 Å². The SMILES string of the molecule is Cc1ccc(C2=COC(C3CCC(C4CCC(C)CC4)CC3)CC2)c(F)c1F. The number of halogens is 2. The molecule has 1 unspecified atom stereocenters. The zero-order valence-corrected chi connectivity index (χ0v) is 17.4. The zero-order chi connectivity index (χ0) is 19.7. The standard InChI is InChI=1S/C25H34F2O/c1-16-3-6-18(7-4-16)19-8-10-20(11-9-19)23-14-12-21(15-28-23)22-13-5-17(2)24(26)25(22)27/h5,13,15-16,18-20,23H,3-4,6-12,14H2,1-2H3. The van der Waals surface area contributed by atoms with Crippen molar-refractivity contribution in [3.05, 3.63) is 41.2 Å². The number of allylic oxidation sites excluding steroid dienone is 1. The average molecular weight is 389 g/mol. The van der Waals surface area contributed by atoms with Gasteiger partial charge in [-0.3, -0.25) is 0 Å². The molecule has 0 spiro atoms. The highest BCUT2D eigenvalue weighted by molar-refractivity contribution is 5.66. The van der Waals surface area contributed by atoms with Gasteiger partial charge in [-0.2, -0.15) is 0 Å². The second-order valence-electron chi connectivity index (χ2n) is 9.61. The molecule has 0 bridgehead atoms. The lowest BCUT2D eigenvalue weighted by atomic mass is 9.68. The molecule has 1 atom stereocenters. The Morgan fingerprint density at radius 3 is 2.00 bits per heavy atom. The third-order valence-electron chi connectivity index (χ3n) is 7.77. The van der Waals surface area contributed by atoms with Crippen molar-refractivity contribution < 1.29 is 13.5 Å². The van der Waals surface area contributed by atoms with Crippen LogP contribution in [0.5, 0.6) is 0 Å². The maximum atomic E-state index is 14.3. The van der Waals surface area contributed by atoms with Crippen LogP contribution in [0, 0.1) is 42.2 Å². The average Bonchev–Trinajstić information content (AvgIpc) is 2.73. The summed E-state index contributed by atoms with van der Waals surface area (Å²) in [5, 5.41) is 0. The van der Waals surface area contributed by atoms with Crippen LogP contribution in [-0.4, -0.2) is 6.10 Å². The first-order valence-electron chi connectivity index (χ1n) is 11.3. The van der Waals surface area contributed by atoms with Gasteiger partial charge in [0.25, 0.3) is 0 Å². The highest BCUT2D eigenvalue weighted by Crippen LogP contribution is 2.43. The van der Waals surface area contributed by atoms with Crippen LogP contribution < -0.4 is 0 Å². The number of hydrogen-bond acceptors (Lipinski definition) is 1. The molecule has 4 rings (SSSR count). The number of ether oxygens (including phenoxy) is 1. The predicted molar refractivity (Wildman–Crippen MR) is 110 cm³/mol. The van der Waals surface area contributed by atoms with E-state index in [-0.39, 0.29) is 6.10 Å². The van der Waals surface area contributed by atoms with Crippen molar-refractivity contribution in [3.8, 4) is 0 Å². The molecule has 1 heterocycles. The lowest BCUT2D eigenvalue weighted by Gasteiger charge is -2.39. The van der Waals surface area contributed by atoms with Crippen LogP contribution in [0.4, 0.5) is 8.78 Å². The first kappa shape index (κ1) is 19.9. The molecule has 1 aliphatic heterocycles. The summed E-state index contributed by atoms with van der Waals surface area (Å²) < 4.78 is 34.2. The topological polar surface area (TPSA) is 9.23 Å². The van der Waals surface area contributed by atoms with Crippen molar-refractivity contribution in [2.45, 2.75) is 84.2 Å². The van der Waals surface area contributed by atoms with Crippen LogP contribution >= 0.6 is 0 Å². The van der Waals surface area contributed by atoms with Crippen molar-refractivity contribution in [1.82, 2.24) is 0 Å². The Morgan fingerprint density at radius 2 is 1.39 bits per heavy atom.